The Labute approximate surface area is 171 Å². The van der Waals surface area contributed by atoms with E-state index in [0.29, 0.717) is 41.2 Å². The predicted molar refractivity (Wildman–Crippen MR) is 114 cm³/mol. The van der Waals surface area contributed by atoms with Crippen LogP contribution in [0.5, 0.6) is 5.75 Å². The van der Waals surface area contributed by atoms with Gasteiger partial charge in [-0.1, -0.05) is 48.4 Å². The monoisotopic (exact) mass is 401 g/mol. The number of anilines is 1. The number of nitrogens with one attached hydrogen (secondary N) is 1. The van der Waals surface area contributed by atoms with E-state index in [-0.39, 0.29) is 5.91 Å². The zero-order valence-electron chi connectivity index (χ0n) is 16.3. The summed E-state index contributed by atoms with van der Waals surface area (Å²) in [5.74, 6) is 0.280. The molecule has 1 atom stereocenters. The molecule has 1 amide bonds. The lowest BCUT2D eigenvalue weighted by Crippen LogP contribution is -2.46. The van der Waals surface area contributed by atoms with Gasteiger partial charge in [0, 0.05) is 25.2 Å². The molecule has 1 unspecified atom stereocenters. The fourth-order valence-electron chi connectivity index (χ4n) is 3.64. The molecule has 2 aromatic rings. The van der Waals surface area contributed by atoms with Gasteiger partial charge in [0.25, 0.3) is 5.91 Å². The molecule has 0 saturated carbocycles. The molecule has 0 spiro atoms. The van der Waals surface area contributed by atoms with Crippen LogP contribution < -0.4 is 15.8 Å². The molecule has 1 saturated heterocycles. The molecule has 1 aliphatic rings. The van der Waals surface area contributed by atoms with E-state index in [1.54, 1.807) is 12.1 Å². The van der Waals surface area contributed by atoms with E-state index in [0.717, 1.165) is 19.5 Å². The van der Waals surface area contributed by atoms with Crippen LogP contribution in [0, 0.1) is 0 Å². The van der Waals surface area contributed by atoms with Crippen LogP contribution in [-0.2, 0) is 6.54 Å². The van der Waals surface area contributed by atoms with Crippen LogP contribution in [0.25, 0.3) is 0 Å². The summed E-state index contributed by atoms with van der Waals surface area (Å²) in [6, 6.07) is 14.0. The molecule has 2 aromatic carbocycles. The number of nitrogen functional groups attached to an aromatic ring is 1. The molecule has 0 aliphatic carbocycles. The fourth-order valence-corrected chi connectivity index (χ4v) is 3.81. The van der Waals surface area contributed by atoms with E-state index in [1.165, 1.54) is 18.4 Å². The minimum Gasteiger partial charge on any atom is -0.493 e. The first-order chi connectivity index (χ1) is 13.6. The van der Waals surface area contributed by atoms with Gasteiger partial charge in [-0.3, -0.25) is 9.69 Å². The summed E-state index contributed by atoms with van der Waals surface area (Å²) in [6.07, 6.45) is 3.46. The van der Waals surface area contributed by atoms with Crippen molar-refractivity contribution in [1.29, 1.82) is 0 Å². The van der Waals surface area contributed by atoms with Crippen LogP contribution in [0.1, 0.15) is 42.1 Å². The number of benzene rings is 2. The van der Waals surface area contributed by atoms with Crippen molar-refractivity contribution in [2.24, 2.45) is 0 Å². The number of likely N-dealkylation sites (tertiary alicyclic amines) is 1. The van der Waals surface area contributed by atoms with Crippen LogP contribution in [0.2, 0.25) is 5.02 Å². The van der Waals surface area contributed by atoms with E-state index < -0.39 is 0 Å². The molecule has 5 nitrogen and oxygen atoms in total. The third-order valence-corrected chi connectivity index (χ3v) is 5.45. The quantitative estimate of drug-likeness (QED) is 0.685. The molecule has 1 aliphatic heterocycles. The molecular weight excluding hydrogens is 374 g/mol. The molecule has 0 radical (unpaired) electrons. The molecule has 1 heterocycles. The number of rotatable bonds is 7. The highest BCUT2D eigenvalue weighted by Crippen LogP contribution is 2.29. The second-order valence-corrected chi connectivity index (χ2v) is 7.53. The normalized spacial score (nSPS) is 17.3. The number of carbonyl (C=O) groups excluding carboxylic acids is 1. The number of hydrogen-bond acceptors (Lipinski definition) is 4. The number of amides is 1. The molecule has 1 fully saturated rings. The second-order valence-electron chi connectivity index (χ2n) is 7.12. The average Bonchev–Trinajstić information content (AvgIpc) is 2.70. The maximum absolute atomic E-state index is 12.8. The number of hydrogen-bond donors (Lipinski definition) is 2. The molecule has 3 N–H and O–H groups in total. The van der Waals surface area contributed by atoms with E-state index in [4.69, 9.17) is 22.1 Å². The third kappa shape index (κ3) is 5.18. The van der Waals surface area contributed by atoms with Gasteiger partial charge in [0.05, 0.1) is 22.9 Å². The Bertz CT molecular complexity index is 798. The number of piperidine rings is 1. The maximum Gasteiger partial charge on any atom is 0.255 e. The molecular formula is C22H28ClN3O2. The molecule has 0 bridgehead atoms. The van der Waals surface area contributed by atoms with Crippen LogP contribution in [0.4, 0.5) is 5.69 Å². The summed E-state index contributed by atoms with van der Waals surface area (Å²) in [5, 5.41) is 3.43. The van der Waals surface area contributed by atoms with Crippen molar-refractivity contribution in [1.82, 2.24) is 10.2 Å². The van der Waals surface area contributed by atoms with E-state index in [1.807, 2.05) is 13.0 Å². The third-order valence-electron chi connectivity index (χ3n) is 5.12. The summed E-state index contributed by atoms with van der Waals surface area (Å²) >= 11 is 6.12. The van der Waals surface area contributed by atoms with Gasteiger partial charge in [-0.2, -0.15) is 0 Å². The van der Waals surface area contributed by atoms with Crippen molar-refractivity contribution in [3.8, 4) is 5.75 Å². The minimum absolute atomic E-state index is 0.185. The summed E-state index contributed by atoms with van der Waals surface area (Å²) in [4.78, 5) is 15.3. The predicted octanol–water partition coefficient (Wildman–Crippen LogP) is 4.11. The Hall–Kier alpha value is -2.24. The van der Waals surface area contributed by atoms with Gasteiger partial charge in [0.1, 0.15) is 5.75 Å². The standard InChI is InChI=1S/C22H28ClN3O2/c1-2-28-21-13-20(24)19(23)12-18(21)22(27)25-14-17-10-6-7-11-26(17)15-16-8-4-3-5-9-16/h3-5,8-9,12-13,17H,2,6-7,10-11,14-15,24H2,1H3,(H,25,27). The lowest BCUT2D eigenvalue weighted by molar-refractivity contribution is 0.0904. The summed E-state index contributed by atoms with van der Waals surface area (Å²) < 4.78 is 5.58. The summed E-state index contributed by atoms with van der Waals surface area (Å²) in [7, 11) is 0. The first-order valence-corrected chi connectivity index (χ1v) is 10.2. The molecule has 6 heteroatoms. The van der Waals surface area contributed by atoms with Crippen molar-refractivity contribution < 1.29 is 9.53 Å². The zero-order chi connectivity index (χ0) is 19.9. The Balaban J connectivity index is 1.66. The van der Waals surface area contributed by atoms with E-state index >= 15 is 0 Å². The Morgan fingerprint density at radius 2 is 2.07 bits per heavy atom. The van der Waals surface area contributed by atoms with E-state index in [2.05, 4.69) is 34.5 Å². The van der Waals surface area contributed by atoms with Gasteiger partial charge in [0.15, 0.2) is 0 Å². The van der Waals surface area contributed by atoms with Crippen molar-refractivity contribution in [2.75, 3.05) is 25.4 Å². The van der Waals surface area contributed by atoms with Gasteiger partial charge >= 0.3 is 0 Å². The fraction of sp³-hybridized carbons (Fsp3) is 0.409. The van der Waals surface area contributed by atoms with Gasteiger partial charge in [0.2, 0.25) is 0 Å². The Morgan fingerprint density at radius 3 is 2.82 bits per heavy atom. The van der Waals surface area contributed by atoms with Crippen molar-refractivity contribution in [2.45, 2.75) is 38.8 Å². The first kappa shape index (κ1) is 20.5. The van der Waals surface area contributed by atoms with Crippen molar-refractivity contribution >= 4 is 23.2 Å². The summed E-state index contributed by atoms with van der Waals surface area (Å²) in [6.45, 7) is 4.87. The molecule has 0 aromatic heterocycles. The number of ether oxygens (including phenoxy) is 1. The van der Waals surface area contributed by atoms with Gasteiger partial charge in [-0.15, -0.1) is 0 Å². The van der Waals surface area contributed by atoms with Gasteiger partial charge < -0.3 is 15.8 Å². The Kier molecular flexibility index (Phi) is 7.18. The molecule has 28 heavy (non-hydrogen) atoms. The van der Waals surface area contributed by atoms with Crippen LogP contribution in [0.3, 0.4) is 0 Å². The Morgan fingerprint density at radius 1 is 1.29 bits per heavy atom. The average molecular weight is 402 g/mol. The zero-order valence-corrected chi connectivity index (χ0v) is 17.0. The van der Waals surface area contributed by atoms with Gasteiger partial charge in [-0.25, -0.2) is 0 Å². The SMILES string of the molecule is CCOc1cc(N)c(Cl)cc1C(=O)NCC1CCCCN1Cc1ccccc1. The lowest BCUT2D eigenvalue weighted by atomic mass is 10.0. The number of halogens is 1. The van der Waals surface area contributed by atoms with E-state index in [9.17, 15) is 4.79 Å². The van der Waals surface area contributed by atoms with Crippen LogP contribution in [-0.4, -0.2) is 36.5 Å². The van der Waals surface area contributed by atoms with Crippen molar-refractivity contribution in [3.63, 3.8) is 0 Å². The highest BCUT2D eigenvalue weighted by atomic mass is 35.5. The van der Waals surface area contributed by atoms with Gasteiger partial charge in [-0.05, 0) is 37.9 Å². The summed E-state index contributed by atoms with van der Waals surface area (Å²) in [5.41, 5.74) is 7.98. The number of nitrogens with zero attached hydrogens (tertiary/aromatic N) is 1. The topological polar surface area (TPSA) is 67.6 Å². The van der Waals surface area contributed by atoms with Crippen LogP contribution >= 0.6 is 11.6 Å². The highest BCUT2D eigenvalue weighted by molar-refractivity contribution is 6.33. The lowest BCUT2D eigenvalue weighted by Gasteiger charge is -2.36. The van der Waals surface area contributed by atoms with Crippen molar-refractivity contribution in [3.05, 3.63) is 58.6 Å². The number of nitrogens with two attached hydrogens (primary N) is 1. The minimum atomic E-state index is -0.185. The molecule has 3 rings (SSSR count). The largest absolute Gasteiger partial charge is 0.493 e. The highest BCUT2D eigenvalue weighted by Gasteiger charge is 2.24. The molecule has 150 valence electrons. The first-order valence-electron chi connectivity index (χ1n) is 9.86. The second kappa shape index (κ2) is 9.80. The number of carbonyl (C=O) groups is 1. The maximum atomic E-state index is 12.8. The van der Waals surface area contributed by atoms with Crippen LogP contribution in [0.15, 0.2) is 42.5 Å². The smallest absolute Gasteiger partial charge is 0.255 e.